The molecule has 0 unspecified atom stereocenters. The van der Waals surface area contributed by atoms with Crippen molar-refractivity contribution in [2.45, 2.75) is 20.8 Å². The fourth-order valence-electron chi connectivity index (χ4n) is 0.667. The van der Waals surface area contributed by atoms with Crippen LogP contribution in [0.25, 0.3) is 0 Å². The van der Waals surface area contributed by atoms with Crippen LogP contribution in [0, 0.1) is 5.41 Å². The van der Waals surface area contributed by atoms with Crippen molar-refractivity contribution in [2.24, 2.45) is 16.3 Å². The van der Waals surface area contributed by atoms with Gasteiger partial charge < -0.3 is 10.6 Å². The van der Waals surface area contributed by atoms with E-state index in [9.17, 15) is 4.79 Å². The highest BCUT2D eigenvalue weighted by Crippen LogP contribution is 2.14. The van der Waals surface area contributed by atoms with E-state index in [1.807, 2.05) is 20.8 Å². The molecule has 0 aliphatic heterocycles. The second-order valence-corrected chi connectivity index (χ2v) is 5.03. The summed E-state index contributed by atoms with van der Waals surface area (Å²) in [6.45, 7) is 5.68. The number of hydrogen-bond acceptors (Lipinski definition) is 4. The van der Waals surface area contributed by atoms with Gasteiger partial charge >= 0.3 is 5.97 Å². The fourth-order valence-corrected chi connectivity index (χ4v) is 1.26. The molecule has 15 heavy (non-hydrogen) atoms. The van der Waals surface area contributed by atoms with Gasteiger partial charge in [0.1, 0.15) is 10.7 Å². The first-order valence-corrected chi connectivity index (χ1v) is 5.38. The second-order valence-electron chi connectivity index (χ2n) is 4.08. The Balaban J connectivity index is 2.62. The molecule has 4 nitrogen and oxygen atoms in total. The van der Waals surface area contributed by atoms with Crippen LogP contribution >= 0.6 is 11.3 Å². The quantitative estimate of drug-likeness (QED) is 0.364. The Kier molecular flexibility index (Phi) is 3.47. The second kappa shape index (κ2) is 4.44. The Morgan fingerprint density at radius 2 is 2.20 bits per heavy atom. The molecule has 0 amide bonds. The summed E-state index contributed by atoms with van der Waals surface area (Å²) in [5.74, 6) is -0.176. The molecule has 82 valence electrons. The molecule has 1 heterocycles. The SMILES string of the molecule is CC(C)(C)/C(N)=N\OC(=O)c1cccs1. The van der Waals surface area contributed by atoms with Gasteiger partial charge in [0.2, 0.25) is 0 Å². The van der Waals surface area contributed by atoms with Gasteiger partial charge in [-0.2, -0.15) is 0 Å². The van der Waals surface area contributed by atoms with Crippen molar-refractivity contribution in [1.29, 1.82) is 0 Å². The molecule has 0 bridgehead atoms. The first-order valence-electron chi connectivity index (χ1n) is 4.50. The number of nitrogens with two attached hydrogens (primary N) is 1. The maximum Gasteiger partial charge on any atom is 0.375 e. The zero-order chi connectivity index (χ0) is 11.5. The van der Waals surface area contributed by atoms with Gasteiger partial charge in [0.05, 0.1) is 0 Å². The third-order valence-electron chi connectivity index (χ3n) is 1.72. The van der Waals surface area contributed by atoms with E-state index in [-0.39, 0.29) is 5.41 Å². The molecule has 0 radical (unpaired) electrons. The average Bonchev–Trinajstić information content (AvgIpc) is 2.64. The van der Waals surface area contributed by atoms with Gasteiger partial charge in [-0.3, -0.25) is 0 Å². The largest absolute Gasteiger partial charge is 0.384 e. The van der Waals surface area contributed by atoms with Crippen LogP contribution in [0.1, 0.15) is 30.4 Å². The van der Waals surface area contributed by atoms with E-state index >= 15 is 0 Å². The summed E-state index contributed by atoms with van der Waals surface area (Å²) < 4.78 is 0. The van der Waals surface area contributed by atoms with Gasteiger partial charge in [0.25, 0.3) is 0 Å². The van der Waals surface area contributed by atoms with Crippen LogP contribution in [0.5, 0.6) is 0 Å². The van der Waals surface area contributed by atoms with Crippen molar-refractivity contribution in [2.75, 3.05) is 0 Å². The molecule has 0 aliphatic rings. The zero-order valence-corrected chi connectivity index (χ0v) is 9.80. The lowest BCUT2D eigenvalue weighted by Crippen LogP contribution is -2.29. The highest BCUT2D eigenvalue weighted by molar-refractivity contribution is 7.11. The molecule has 0 atom stereocenters. The molecule has 0 spiro atoms. The van der Waals surface area contributed by atoms with Gasteiger partial charge in [-0.15, -0.1) is 11.3 Å². The van der Waals surface area contributed by atoms with Crippen LogP contribution in [0.15, 0.2) is 22.7 Å². The predicted octanol–water partition coefficient (Wildman–Crippen LogP) is 2.22. The van der Waals surface area contributed by atoms with E-state index in [4.69, 9.17) is 10.6 Å². The monoisotopic (exact) mass is 226 g/mol. The van der Waals surface area contributed by atoms with Crippen molar-refractivity contribution in [3.05, 3.63) is 22.4 Å². The average molecular weight is 226 g/mol. The van der Waals surface area contributed by atoms with Crippen molar-refractivity contribution >= 4 is 23.1 Å². The van der Waals surface area contributed by atoms with Gasteiger partial charge in [-0.1, -0.05) is 32.0 Å². The van der Waals surface area contributed by atoms with Crippen LogP contribution in [-0.4, -0.2) is 11.8 Å². The lowest BCUT2D eigenvalue weighted by molar-refractivity contribution is 0.0517. The first-order chi connectivity index (χ1) is 6.91. The van der Waals surface area contributed by atoms with Crippen LogP contribution in [0.2, 0.25) is 0 Å². The van der Waals surface area contributed by atoms with E-state index in [1.165, 1.54) is 11.3 Å². The normalized spacial score (nSPS) is 12.6. The zero-order valence-electron chi connectivity index (χ0n) is 8.98. The topological polar surface area (TPSA) is 64.7 Å². The Bertz CT molecular complexity index is 363. The standard InChI is InChI=1S/C10H14N2O2S/c1-10(2,3)9(11)12-14-8(13)7-5-4-6-15-7/h4-6H,1-3H3,(H2,11,12). The van der Waals surface area contributed by atoms with Crippen molar-refractivity contribution in [3.63, 3.8) is 0 Å². The summed E-state index contributed by atoms with van der Waals surface area (Å²) in [5, 5.41) is 5.40. The van der Waals surface area contributed by atoms with Crippen LogP contribution in [-0.2, 0) is 4.84 Å². The molecule has 1 rings (SSSR count). The number of thiophene rings is 1. The molecule has 0 saturated carbocycles. The van der Waals surface area contributed by atoms with E-state index in [0.717, 1.165) is 0 Å². The minimum absolute atomic E-state index is 0.296. The Labute approximate surface area is 92.7 Å². The summed E-state index contributed by atoms with van der Waals surface area (Å²) in [7, 11) is 0. The highest BCUT2D eigenvalue weighted by atomic mass is 32.1. The third-order valence-corrected chi connectivity index (χ3v) is 2.57. The van der Waals surface area contributed by atoms with E-state index < -0.39 is 5.97 Å². The minimum Gasteiger partial charge on any atom is -0.384 e. The number of carbonyl (C=O) groups is 1. The third kappa shape index (κ3) is 3.36. The fraction of sp³-hybridized carbons (Fsp3) is 0.400. The number of nitrogens with zero attached hydrogens (tertiary/aromatic N) is 1. The van der Waals surface area contributed by atoms with Crippen LogP contribution in [0.4, 0.5) is 0 Å². The Morgan fingerprint density at radius 3 is 2.67 bits per heavy atom. The van der Waals surface area contributed by atoms with E-state index in [0.29, 0.717) is 10.7 Å². The molecule has 2 N–H and O–H groups in total. The summed E-state index contributed by atoms with van der Waals surface area (Å²) in [6.07, 6.45) is 0. The maximum absolute atomic E-state index is 11.4. The number of amidine groups is 1. The van der Waals surface area contributed by atoms with Gasteiger partial charge in [0.15, 0.2) is 0 Å². The molecule has 0 aliphatic carbocycles. The molecule has 1 aromatic heterocycles. The highest BCUT2D eigenvalue weighted by Gasteiger charge is 2.17. The number of carbonyl (C=O) groups excluding carboxylic acids is 1. The van der Waals surface area contributed by atoms with E-state index in [1.54, 1.807) is 17.5 Å². The van der Waals surface area contributed by atoms with Crippen LogP contribution < -0.4 is 5.73 Å². The molecular formula is C10H14N2O2S. The van der Waals surface area contributed by atoms with Gasteiger partial charge in [-0.25, -0.2) is 4.79 Å². The lowest BCUT2D eigenvalue weighted by Gasteiger charge is -2.15. The minimum atomic E-state index is -0.475. The molecule has 0 saturated heterocycles. The van der Waals surface area contributed by atoms with Crippen molar-refractivity contribution in [3.8, 4) is 0 Å². The lowest BCUT2D eigenvalue weighted by atomic mass is 9.96. The van der Waals surface area contributed by atoms with E-state index in [2.05, 4.69) is 5.16 Å². The predicted molar refractivity (Wildman–Crippen MR) is 60.8 cm³/mol. The molecule has 5 heteroatoms. The Hall–Kier alpha value is -1.36. The first kappa shape index (κ1) is 11.7. The summed E-state index contributed by atoms with van der Waals surface area (Å²) >= 11 is 1.31. The molecule has 0 aromatic carbocycles. The van der Waals surface area contributed by atoms with Gasteiger partial charge in [-0.05, 0) is 11.4 Å². The summed E-state index contributed by atoms with van der Waals surface area (Å²) in [5.41, 5.74) is 5.33. The van der Waals surface area contributed by atoms with Gasteiger partial charge in [0, 0.05) is 5.41 Å². The van der Waals surface area contributed by atoms with Crippen molar-refractivity contribution in [1.82, 2.24) is 0 Å². The van der Waals surface area contributed by atoms with Crippen molar-refractivity contribution < 1.29 is 9.63 Å². The molecule has 1 aromatic rings. The summed E-state index contributed by atoms with van der Waals surface area (Å²) in [4.78, 5) is 16.6. The number of hydrogen-bond donors (Lipinski definition) is 1. The molecule has 0 fully saturated rings. The molecular weight excluding hydrogens is 212 g/mol. The number of oxime groups is 1. The summed E-state index contributed by atoms with van der Waals surface area (Å²) in [6, 6.07) is 3.45. The number of rotatable bonds is 2. The smallest absolute Gasteiger partial charge is 0.375 e. The Morgan fingerprint density at radius 1 is 1.53 bits per heavy atom. The van der Waals surface area contributed by atoms with Crippen LogP contribution in [0.3, 0.4) is 0 Å². The maximum atomic E-state index is 11.4.